The van der Waals surface area contributed by atoms with Gasteiger partial charge < -0.3 is 15.4 Å². The van der Waals surface area contributed by atoms with Crippen molar-refractivity contribution in [2.75, 3.05) is 27.2 Å². The van der Waals surface area contributed by atoms with Crippen molar-refractivity contribution in [1.82, 2.24) is 10.6 Å². The van der Waals surface area contributed by atoms with E-state index >= 15 is 0 Å². The third-order valence-corrected chi connectivity index (χ3v) is 2.29. The number of benzene rings is 1. The van der Waals surface area contributed by atoms with Gasteiger partial charge in [0.05, 0.1) is 12.1 Å². The topological polar surface area (TPSA) is 45.7 Å². The first-order valence-corrected chi connectivity index (χ1v) is 5.66. The molecular weight excluding hydrogens is 259 g/mol. The van der Waals surface area contributed by atoms with Gasteiger partial charge in [0.1, 0.15) is 12.4 Å². The fraction of sp³-hybridized carbons (Fsp3) is 0.417. The van der Waals surface area contributed by atoms with Crippen LogP contribution in [0.4, 0.5) is 13.2 Å². The molecule has 0 spiro atoms. The van der Waals surface area contributed by atoms with Crippen LogP contribution in [-0.2, 0) is 6.18 Å². The van der Waals surface area contributed by atoms with Crippen LogP contribution in [0.3, 0.4) is 0 Å². The zero-order chi connectivity index (χ0) is 14.3. The molecule has 4 nitrogen and oxygen atoms in total. The summed E-state index contributed by atoms with van der Waals surface area (Å²) in [4.78, 5) is 3.89. The third-order valence-electron chi connectivity index (χ3n) is 2.29. The third kappa shape index (κ3) is 5.07. The Morgan fingerprint density at radius 2 is 2.11 bits per heavy atom. The van der Waals surface area contributed by atoms with Crippen LogP contribution in [0.5, 0.6) is 5.75 Å². The average molecular weight is 275 g/mol. The number of ether oxygens (including phenoxy) is 1. The zero-order valence-corrected chi connectivity index (χ0v) is 10.7. The van der Waals surface area contributed by atoms with Crippen molar-refractivity contribution in [3.8, 4) is 5.75 Å². The molecule has 0 fully saturated rings. The molecule has 0 aromatic heterocycles. The van der Waals surface area contributed by atoms with Gasteiger partial charge in [-0.3, -0.25) is 4.99 Å². The lowest BCUT2D eigenvalue weighted by Crippen LogP contribution is -2.37. The van der Waals surface area contributed by atoms with Gasteiger partial charge in [0, 0.05) is 14.1 Å². The first-order chi connectivity index (χ1) is 8.97. The van der Waals surface area contributed by atoms with Gasteiger partial charge in [0.25, 0.3) is 0 Å². The molecule has 0 bridgehead atoms. The average Bonchev–Trinajstić information content (AvgIpc) is 2.38. The van der Waals surface area contributed by atoms with Crippen LogP contribution in [0.25, 0.3) is 0 Å². The highest BCUT2D eigenvalue weighted by atomic mass is 19.4. The first-order valence-electron chi connectivity index (χ1n) is 5.66. The second kappa shape index (κ2) is 6.86. The number of aliphatic imine (C=N–C) groups is 1. The van der Waals surface area contributed by atoms with Crippen LogP contribution in [0.15, 0.2) is 29.3 Å². The van der Waals surface area contributed by atoms with Crippen LogP contribution >= 0.6 is 0 Å². The van der Waals surface area contributed by atoms with E-state index in [0.717, 1.165) is 12.1 Å². The van der Waals surface area contributed by atoms with Crippen LogP contribution in [0.1, 0.15) is 5.56 Å². The largest absolute Gasteiger partial charge is 0.492 e. The van der Waals surface area contributed by atoms with E-state index < -0.39 is 11.7 Å². The second-order valence-electron chi connectivity index (χ2n) is 3.62. The molecule has 1 aromatic carbocycles. The molecule has 0 aliphatic heterocycles. The maximum absolute atomic E-state index is 12.5. The van der Waals surface area contributed by atoms with Crippen LogP contribution < -0.4 is 15.4 Å². The van der Waals surface area contributed by atoms with E-state index in [1.54, 1.807) is 14.1 Å². The molecule has 2 N–H and O–H groups in total. The molecule has 0 atom stereocenters. The minimum atomic E-state index is -4.36. The maximum atomic E-state index is 12.5. The van der Waals surface area contributed by atoms with Crippen molar-refractivity contribution in [3.05, 3.63) is 29.8 Å². The molecular formula is C12H16F3N3O. The van der Waals surface area contributed by atoms with Gasteiger partial charge in [-0.1, -0.05) is 6.07 Å². The fourth-order valence-electron chi connectivity index (χ4n) is 1.38. The quantitative estimate of drug-likeness (QED) is 0.501. The normalized spacial score (nSPS) is 12.2. The van der Waals surface area contributed by atoms with Crippen LogP contribution in [0, 0.1) is 0 Å². The highest BCUT2D eigenvalue weighted by Crippen LogP contribution is 2.31. The molecule has 0 amide bonds. The molecule has 0 saturated heterocycles. The smallest absolute Gasteiger partial charge is 0.416 e. The number of rotatable bonds is 4. The van der Waals surface area contributed by atoms with E-state index in [0.29, 0.717) is 12.5 Å². The summed E-state index contributed by atoms with van der Waals surface area (Å²) >= 11 is 0. The lowest BCUT2D eigenvalue weighted by atomic mass is 10.2. The van der Waals surface area contributed by atoms with E-state index in [4.69, 9.17) is 4.74 Å². The van der Waals surface area contributed by atoms with E-state index in [1.165, 1.54) is 12.1 Å². The number of halogens is 3. The molecule has 19 heavy (non-hydrogen) atoms. The Morgan fingerprint density at radius 3 is 2.68 bits per heavy atom. The molecule has 0 heterocycles. The van der Waals surface area contributed by atoms with Crippen molar-refractivity contribution in [3.63, 3.8) is 0 Å². The predicted molar refractivity (Wildman–Crippen MR) is 67.4 cm³/mol. The van der Waals surface area contributed by atoms with E-state index in [2.05, 4.69) is 15.6 Å². The molecule has 0 radical (unpaired) electrons. The number of nitrogens with one attached hydrogen (secondary N) is 2. The Labute approximate surface area is 109 Å². The Bertz CT molecular complexity index is 432. The predicted octanol–water partition coefficient (Wildman–Crippen LogP) is 1.88. The molecule has 1 aromatic rings. The number of alkyl halides is 3. The van der Waals surface area contributed by atoms with Gasteiger partial charge in [-0.2, -0.15) is 13.2 Å². The van der Waals surface area contributed by atoms with E-state index in [-0.39, 0.29) is 12.4 Å². The fourth-order valence-corrected chi connectivity index (χ4v) is 1.38. The van der Waals surface area contributed by atoms with E-state index in [1.807, 2.05) is 0 Å². The number of hydrogen-bond donors (Lipinski definition) is 2. The summed E-state index contributed by atoms with van der Waals surface area (Å²) in [5.41, 5.74) is -0.719. The molecule has 0 aliphatic carbocycles. The van der Waals surface area contributed by atoms with Crippen molar-refractivity contribution in [2.24, 2.45) is 4.99 Å². The summed E-state index contributed by atoms with van der Waals surface area (Å²) in [5, 5.41) is 5.74. The number of hydrogen-bond acceptors (Lipinski definition) is 2. The van der Waals surface area contributed by atoms with Crippen LogP contribution in [-0.4, -0.2) is 33.2 Å². The zero-order valence-electron chi connectivity index (χ0n) is 10.7. The number of nitrogens with zero attached hydrogens (tertiary/aromatic N) is 1. The molecule has 0 saturated carbocycles. The monoisotopic (exact) mass is 275 g/mol. The van der Waals surface area contributed by atoms with Gasteiger partial charge >= 0.3 is 6.18 Å². The molecule has 7 heteroatoms. The summed E-state index contributed by atoms with van der Waals surface area (Å²) in [6.45, 7) is 0.672. The van der Waals surface area contributed by atoms with Crippen molar-refractivity contribution >= 4 is 5.96 Å². The van der Waals surface area contributed by atoms with Gasteiger partial charge in [0.15, 0.2) is 5.96 Å². The van der Waals surface area contributed by atoms with Gasteiger partial charge in [-0.15, -0.1) is 0 Å². The minimum absolute atomic E-state index is 0.191. The van der Waals surface area contributed by atoms with Gasteiger partial charge in [-0.05, 0) is 18.2 Å². The maximum Gasteiger partial charge on any atom is 0.416 e. The lowest BCUT2D eigenvalue weighted by Gasteiger charge is -2.11. The van der Waals surface area contributed by atoms with E-state index in [9.17, 15) is 13.2 Å². The van der Waals surface area contributed by atoms with Gasteiger partial charge in [-0.25, -0.2) is 0 Å². The number of guanidine groups is 1. The Hall–Kier alpha value is -1.92. The minimum Gasteiger partial charge on any atom is -0.492 e. The Balaban J connectivity index is 2.46. The SMILES string of the molecule is CN=C(NC)NCCOc1cccc(C(F)(F)F)c1. The Kier molecular flexibility index (Phi) is 5.47. The van der Waals surface area contributed by atoms with Crippen molar-refractivity contribution < 1.29 is 17.9 Å². The van der Waals surface area contributed by atoms with Crippen LogP contribution in [0.2, 0.25) is 0 Å². The van der Waals surface area contributed by atoms with Crippen molar-refractivity contribution in [1.29, 1.82) is 0 Å². The molecule has 0 aliphatic rings. The molecule has 1 rings (SSSR count). The molecule has 106 valence electrons. The molecule has 0 unspecified atom stereocenters. The van der Waals surface area contributed by atoms with Gasteiger partial charge in [0.2, 0.25) is 0 Å². The standard InChI is InChI=1S/C12H16F3N3O/c1-16-11(17-2)18-6-7-19-10-5-3-4-9(8-10)12(13,14)15/h3-5,8H,6-7H2,1-2H3,(H2,16,17,18). The summed E-state index contributed by atoms with van der Waals surface area (Å²) < 4.78 is 42.6. The lowest BCUT2D eigenvalue weighted by molar-refractivity contribution is -0.137. The Morgan fingerprint density at radius 1 is 1.37 bits per heavy atom. The second-order valence-corrected chi connectivity index (χ2v) is 3.62. The van der Waals surface area contributed by atoms with Crippen molar-refractivity contribution in [2.45, 2.75) is 6.18 Å². The summed E-state index contributed by atoms with van der Waals surface area (Å²) in [7, 11) is 3.33. The summed E-state index contributed by atoms with van der Waals surface area (Å²) in [6, 6.07) is 4.79. The highest BCUT2D eigenvalue weighted by molar-refractivity contribution is 5.79. The summed E-state index contributed by atoms with van der Waals surface area (Å²) in [5.74, 6) is 0.781. The summed E-state index contributed by atoms with van der Waals surface area (Å²) in [6.07, 6.45) is -4.36. The first kappa shape index (κ1) is 15.1. The highest BCUT2D eigenvalue weighted by Gasteiger charge is 2.30.